The van der Waals surface area contributed by atoms with Crippen molar-refractivity contribution in [3.63, 3.8) is 0 Å². The Hall–Kier alpha value is -2.40. The van der Waals surface area contributed by atoms with E-state index in [-0.39, 0.29) is 16.9 Å². The van der Waals surface area contributed by atoms with E-state index in [1.54, 1.807) is 14.0 Å². The molecule has 0 saturated heterocycles. The second-order valence-electron chi connectivity index (χ2n) is 5.03. The van der Waals surface area contributed by atoms with E-state index in [2.05, 4.69) is 4.98 Å². The number of H-pyrrole nitrogens is 1. The Morgan fingerprint density at radius 2 is 1.95 bits per heavy atom. The van der Waals surface area contributed by atoms with Gasteiger partial charge in [-0.25, -0.2) is 0 Å². The van der Waals surface area contributed by atoms with Gasteiger partial charge in [0.05, 0.1) is 0 Å². The van der Waals surface area contributed by atoms with Gasteiger partial charge in [0.2, 0.25) is 0 Å². The molecule has 5 heteroatoms. The van der Waals surface area contributed by atoms with E-state index in [0.717, 1.165) is 16.8 Å². The number of pyridine rings is 1. The van der Waals surface area contributed by atoms with E-state index >= 15 is 0 Å². The third-order valence-corrected chi connectivity index (χ3v) is 3.38. The molecule has 0 radical (unpaired) electrons. The monoisotopic (exact) mass is 285 g/mol. The van der Waals surface area contributed by atoms with Crippen LogP contribution in [0.3, 0.4) is 0 Å². The summed E-state index contributed by atoms with van der Waals surface area (Å²) in [6.45, 7) is 2.61. The maximum atomic E-state index is 12.4. The SMILES string of the molecule is Cc1cc(=O)c(C(=O)N(C)Cc2ccccc2CN)c[nH]1. The standard InChI is InChI=1S/C16H19N3O2/c1-11-7-15(20)14(9-18-11)16(21)19(2)10-13-6-4-3-5-12(13)8-17/h3-7,9H,8,10,17H2,1-2H3,(H,18,20). The van der Waals surface area contributed by atoms with Crippen LogP contribution >= 0.6 is 0 Å². The average Bonchev–Trinajstić information content (AvgIpc) is 2.47. The quantitative estimate of drug-likeness (QED) is 0.891. The summed E-state index contributed by atoms with van der Waals surface area (Å²) in [6, 6.07) is 9.12. The maximum Gasteiger partial charge on any atom is 0.259 e. The van der Waals surface area contributed by atoms with E-state index in [1.807, 2.05) is 24.3 Å². The first kappa shape index (κ1) is 15.0. The summed E-state index contributed by atoms with van der Waals surface area (Å²) in [5.41, 5.74) is 8.28. The fourth-order valence-electron chi connectivity index (χ4n) is 2.18. The lowest BCUT2D eigenvalue weighted by molar-refractivity contribution is 0.0783. The number of nitrogens with two attached hydrogens (primary N) is 1. The number of rotatable bonds is 4. The van der Waals surface area contributed by atoms with Gasteiger partial charge < -0.3 is 15.6 Å². The molecule has 0 saturated carbocycles. The number of amides is 1. The van der Waals surface area contributed by atoms with Crippen molar-refractivity contribution < 1.29 is 4.79 Å². The molecule has 21 heavy (non-hydrogen) atoms. The number of hydrogen-bond donors (Lipinski definition) is 2. The van der Waals surface area contributed by atoms with Crippen molar-refractivity contribution >= 4 is 5.91 Å². The molecule has 0 atom stereocenters. The molecule has 1 aromatic heterocycles. The number of aromatic amines is 1. The molecule has 3 N–H and O–H groups in total. The van der Waals surface area contributed by atoms with Gasteiger partial charge in [0.1, 0.15) is 5.56 Å². The van der Waals surface area contributed by atoms with Gasteiger partial charge in [-0.05, 0) is 18.1 Å². The summed E-state index contributed by atoms with van der Waals surface area (Å²) in [7, 11) is 1.68. The Balaban J connectivity index is 2.22. The van der Waals surface area contributed by atoms with Crippen LogP contribution in [0.25, 0.3) is 0 Å². The molecule has 0 aliphatic carbocycles. The van der Waals surface area contributed by atoms with Gasteiger partial charge in [-0.1, -0.05) is 24.3 Å². The number of carbonyl (C=O) groups is 1. The van der Waals surface area contributed by atoms with Crippen molar-refractivity contribution in [1.29, 1.82) is 0 Å². The lowest BCUT2D eigenvalue weighted by Crippen LogP contribution is -2.31. The molecule has 1 aromatic carbocycles. The minimum Gasteiger partial charge on any atom is -0.364 e. The lowest BCUT2D eigenvalue weighted by atomic mass is 10.1. The van der Waals surface area contributed by atoms with Crippen LogP contribution < -0.4 is 11.2 Å². The molecule has 0 fully saturated rings. The Kier molecular flexibility index (Phi) is 4.55. The predicted octanol–water partition coefficient (Wildman–Crippen LogP) is 1.41. The van der Waals surface area contributed by atoms with Crippen molar-refractivity contribution in [2.24, 2.45) is 5.73 Å². The first-order valence-corrected chi connectivity index (χ1v) is 6.74. The number of hydrogen-bond acceptors (Lipinski definition) is 3. The average molecular weight is 285 g/mol. The van der Waals surface area contributed by atoms with Crippen LogP contribution in [-0.4, -0.2) is 22.8 Å². The molecule has 0 bridgehead atoms. The second kappa shape index (κ2) is 6.37. The van der Waals surface area contributed by atoms with Gasteiger partial charge in [0.25, 0.3) is 5.91 Å². The fourth-order valence-corrected chi connectivity index (χ4v) is 2.18. The highest BCUT2D eigenvalue weighted by molar-refractivity contribution is 5.93. The van der Waals surface area contributed by atoms with Crippen molar-refractivity contribution in [2.75, 3.05) is 7.05 Å². The van der Waals surface area contributed by atoms with E-state index < -0.39 is 0 Å². The van der Waals surface area contributed by atoms with Crippen molar-refractivity contribution in [3.05, 3.63) is 69.1 Å². The minimum absolute atomic E-state index is 0.147. The summed E-state index contributed by atoms with van der Waals surface area (Å²) in [5, 5.41) is 0. The number of aryl methyl sites for hydroxylation is 1. The summed E-state index contributed by atoms with van der Waals surface area (Å²) in [6.07, 6.45) is 1.46. The molecule has 0 unspecified atom stereocenters. The predicted molar refractivity (Wildman–Crippen MR) is 81.9 cm³/mol. The normalized spacial score (nSPS) is 10.4. The molecule has 5 nitrogen and oxygen atoms in total. The summed E-state index contributed by atoms with van der Waals surface area (Å²) >= 11 is 0. The zero-order valence-electron chi connectivity index (χ0n) is 12.2. The van der Waals surface area contributed by atoms with E-state index in [1.165, 1.54) is 17.2 Å². The third-order valence-electron chi connectivity index (χ3n) is 3.38. The van der Waals surface area contributed by atoms with Gasteiger partial charge in [0, 0.05) is 38.1 Å². The minimum atomic E-state index is -0.303. The number of benzene rings is 1. The smallest absolute Gasteiger partial charge is 0.259 e. The van der Waals surface area contributed by atoms with Gasteiger partial charge >= 0.3 is 0 Å². The molecular formula is C16H19N3O2. The molecule has 2 aromatic rings. The Morgan fingerprint density at radius 1 is 1.29 bits per heavy atom. The zero-order chi connectivity index (χ0) is 15.4. The number of nitrogens with zero attached hydrogens (tertiary/aromatic N) is 1. The Bertz CT molecular complexity index is 707. The molecule has 0 aliphatic rings. The summed E-state index contributed by atoms with van der Waals surface area (Å²) in [5.74, 6) is -0.303. The lowest BCUT2D eigenvalue weighted by Gasteiger charge is -2.18. The van der Waals surface area contributed by atoms with Crippen molar-refractivity contribution in [1.82, 2.24) is 9.88 Å². The third kappa shape index (κ3) is 3.38. The highest BCUT2D eigenvalue weighted by atomic mass is 16.2. The number of carbonyl (C=O) groups excluding carboxylic acids is 1. The van der Waals surface area contributed by atoms with Crippen LogP contribution in [0.5, 0.6) is 0 Å². The van der Waals surface area contributed by atoms with E-state index in [0.29, 0.717) is 13.1 Å². The summed E-state index contributed by atoms with van der Waals surface area (Å²) < 4.78 is 0. The highest BCUT2D eigenvalue weighted by Crippen LogP contribution is 2.11. The van der Waals surface area contributed by atoms with Crippen LogP contribution in [0.4, 0.5) is 0 Å². The van der Waals surface area contributed by atoms with Crippen LogP contribution in [-0.2, 0) is 13.1 Å². The van der Waals surface area contributed by atoms with E-state index in [9.17, 15) is 9.59 Å². The largest absolute Gasteiger partial charge is 0.364 e. The van der Waals surface area contributed by atoms with Crippen molar-refractivity contribution in [2.45, 2.75) is 20.0 Å². The first-order valence-electron chi connectivity index (χ1n) is 6.74. The van der Waals surface area contributed by atoms with Crippen LogP contribution in [0.1, 0.15) is 27.2 Å². The van der Waals surface area contributed by atoms with Gasteiger partial charge in [0.15, 0.2) is 5.43 Å². The van der Waals surface area contributed by atoms with Crippen molar-refractivity contribution in [3.8, 4) is 0 Å². The topological polar surface area (TPSA) is 79.2 Å². The zero-order valence-corrected chi connectivity index (χ0v) is 12.2. The van der Waals surface area contributed by atoms with Gasteiger partial charge in [-0.15, -0.1) is 0 Å². The van der Waals surface area contributed by atoms with E-state index in [4.69, 9.17) is 5.73 Å². The molecule has 0 aliphatic heterocycles. The molecule has 0 spiro atoms. The Labute approximate surface area is 123 Å². The molecule has 2 rings (SSSR count). The van der Waals surface area contributed by atoms with Crippen LogP contribution in [0.2, 0.25) is 0 Å². The maximum absolute atomic E-state index is 12.4. The second-order valence-corrected chi connectivity index (χ2v) is 5.03. The fraction of sp³-hybridized carbons (Fsp3) is 0.250. The van der Waals surface area contributed by atoms with Crippen LogP contribution in [0.15, 0.2) is 41.3 Å². The van der Waals surface area contributed by atoms with Gasteiger partial charge in [-0.2, -0.15) is 0 Å². The highest BCUT2D eigenvalue weighted by Gasteiger charge is 2.16. The molecule has 1 amide bonds. The molecule has 110 valence electrons. The van der Waals surface area contributed by atoms with Crippen LogP contribution in [0, 0.1) is 6.92 Å². The molecular weight excluding hydrogens is 266 g/mol. The first-order chi connectivity index (χ1) is 10.0. The van der Waals surface area contributed by atoms with Gasteiger partial charge in [-0.3, -0.25) is 9.59 Å². The summed E-state index contributed by atoms with van der Waals surface area (Å²) in [4.78, 5) is 28.6. The number of nitrogens with one attached hydrogen (secondary N) is 1. The number of aromatic nitrogens is 1. The molecule has 1 heterocycles. The Morgan fingerprint density at radius 3 is 2.57 bits per heavy atom.